The van der Waals surface area contributed by atoms with Crippen molar-refractivity contribution in [1.82, 2.24) is 9.55 Å². The highest BCUT2D eigenvalue weighted by atomic mass is 16.5. The minimum Gasteiger partial charge on any atom is -0.381 e. The van der Waals surface area contributed by atoms with Gasteiger partial charge in [-0.25, -0.2) is 4.98 Å². The van der Waals surface area contributed by atoms with Crippen molar-refractivity contribution in [2.45, 2.75) is 32.9 Å². The van der Waals surface area contributed by atoms with Crippen molar-refractivity contribution in [3.05, 3.63) is 54.1 Å². The molecule has 0 spiro atoms. The summed E-state index contributed by atoms with van der Waals surface area (Å²) in [6.07, 6.45) is 4.67. The van der Waals surface area contributed by atoms with Crippen molar-refractivity contribution < 1.29 is 4.74 Å². The molecular weight excluding hydrogens is 262 g/mol. The summed E-state index contributed by atoms with van der Waals surface area (Å²) >= 11 is 0. The monoisotopic (exact) mass is 287 g/mol. The van der Waals surface area contributed by atoms with Crippen LogP contribution in [0, 0.1) is 5.92 Å². The zero-order chi connectivity index (χ0) is 15.1. The molecule has 0 radical (unpaired) electrons. The molecule has 0 fully saturated rings. The third-order valence-electron chi connectivity index (χ3n) is 3.36. The molecule has 1 atom stereocenters. The predicted molar refractivity (Wildman–Crippen MR) is 85.0 cm³/mol. The number of hydrogen-bond acceptors (Lipinski definition) is 3. The fraction of sp³-hybridized carbons (Fsp3) is 0.471. The number of benzene rings is 1. The average molecular weight is 287 g/mol. The zero-order valence-corrected chi connectivity index (χ0v) is 12.9. The van der Waals surface area contributed by atoms with E-state index in [-0.39, 0.29) is 6.04 Å². The molecule has 2 N–H and O–H groups in total. The largest absolute Gasteiger partial charge is 0.381 e. The second-order valence-electron chi connectivity index (χ2n) is 5.72. The van der Waals surface area contributed by atoms with Crippen molar-refractivity contribution in [3.63, 3.8) is 0 Å². The minimum absolute atomic E-state index is 0.134. The van der Waals surface area contributed by atoms with E-state index in [1.807, 2.05) is 42.9 Å². The summed E-state index contributed by atoms with van der Waals surface area (Å²) in [5.74, 6) is 0.584. The molecule has 1 aromatic carbocycles. The predicted octanol–water partition coefficient (Wildman–Crippen LogP) is 2.99. The lowest BCUT2D eigenvalue weighted by molar-refractivity contribution is 0.105. The number of hydrogen-bond donors (Lipinski definition) is 1. The van der Waals surface area contributed by atoms with E-state index in [2.05, 4.69) is 23.4 Å². The van der Waals surface area contributed by atoms with Crippen molar-refractivity contribution in [2.24, 2.45) is 11.7 Å². The molecule has 0 amide bonds. The number of aryl methyl sites for hydroxylation is 1. The molecule has 1 unspecified atom stereocenters. The number of imidazole rings is 1. The van der Waals surface area contributed by atoms with E-state index in [1.54, 1.807) is 0 Å². The molecule has 0 aliphatic heterocycles. The lowest BCUT2D eigenvalue weighted by Crippen LogP contribution is -2.17. The van der Waals surface area contributed by atoms with Crippen molar-refractivity contribution >= 4 is 0 Å². The Balaban J connectivity index is 1.90. The highest BCUT2D eigenvalue weighted by molar-refractivity contribution is 5.26. The Morgan fingerprint density at radius 1 is 1.24 bits per heavy atom. The van der Waals surface area contributed by atoms with E-state index in [0.29, 0.717) is 5.92 Å². The summed E-state index contributed by atoms with van der Waals surface area (Å²) in [5, 5.41) is 0. The van der Waals surface area contributed by atoms with E-state index >= 15 is 0 Å². The van der Waals surface area contributed by atoms with Gasteiger partial charge in [0.15, 0.2) is 0 Å². The fourth-order valence-electron chi connectivity index (χ4n) is 2.26. The third-order valence-corrected chi connectivity index (χ3v) is 3.36. The average Bonchev–Trinajstić information content (AvgIpc) is 2.95. The van der Waals surface area contributed by atoms with Gasteiger partial charge in [0.2, 0.25) is 0 Å². The second kappa shape index (κ2) is 7.96. The molecule has 0 aliphatic carbocycles. The third kappa shape index (κ3) is 4.69. The summed E-state index contributed by atoms with van der Waals surface area (Å²) in [7, 11) is 0. The zero-order valence-electron chi connectivity index (χ0n) is 12.9. The summed E-state index contributed by atoms with van der Waals surface area (Å²) < 4.78 is 7.73. The number of aromatic nitrogens is 2. The minimum atomic E-state index is -0.134. The van der Waals surface area contributed by atoms with Gasteiger partial charge < -0.3 is 15.0 Å². The van der Waals surface area contributed by atoms with Crippen molar-refractivity contribution in [2.75, 3.05) is 13.2 Å². The van der Waals surface area contributed by atoms with Gasteiger partial charge in [0.05, 0.1) is 24.3 Å². The first-order valence-corrected chi connectivity index (χ1v) is 7.56. The van der Waals surface area contributed by atoms with E-state index in [1.165, 1.54) is 0 Å². The first kappa shape index (κ1) is 15.7. The van der Waals surface area contributed by atoms with Crippen molar-refractivity contribution in [3.8, 4) is 0 Å². The molecule has 0 saturated heterocycles. The SMILES string of the molecule is CC(C)COCCCn1cncc1C(N)c1ccccc1. The summed E-state index contributed by atoms with van der Waals surface area (Å²) in [5.41, 5.74) is 8.49. The van der Waals surface area contributed by atoms with Gasteiger partial charge in [0, 0.05) is 19.8 Å². The summed E-state index contributed by atoms with van der Waals surface area (Å²) in [6.45, 7) is 6.80. The van der Waals surface area contributed by atoms with Crippen LogP contribution in [-0.4, -0.2) is 22.8 Å². The van der Waals surface area contributed by atoms with Gasteiger partial charge in [-0.05, 0) is 17.9 Å². The topological polar surface area (TPSA) is 53.1 Å². The number of nitrogens with zero attached hydrogens (tertiary/aromatic N) is 2. The van der Waals surface area contributed by atoms with Crippen LogP contribution in [-0.2, 0) is 11.3 Å². The molecule has 1 aromatic heterocycles. The normalized spacial score (nSPS) is 12.8. The van der Waals surface area contributed by atoms with E-state index < -0.39 is 0 Å². The quantitative estimate of drug-likeness (QED) is 0.759. The van der Waals surface area contributed by atoms with Gasteiger partial charge in [-0.1, -0.05) is 44.2 Å². The Bertz CT molecular complexity index is 522. The van der Waals surface area contributed by atoms with Gasteiger partial charge in [0.25, 0.3) is 0 Å². The van der Waals surface area contributed by atoms with E-state index in [0.717, 1.165) is 37.4 Å². The Kier molecular flexibility index (Phi) is 5.96. The second-order valence-corrected chi connectivity index (χ2v) is 5.72. The number of ether oxygens (including phenoxy) is 1. The van der Waals surface area contributed by atoms with Crippen LogP contribution in [0.1, 0.15) is 37.6 Å². The van der Waals surface area contributed by atoms with Crippen LogP contribution in [0.25, 0.3) is 0 Å². The first-order chi connectivity index (χ1) is 10.2. The van der Waals surface area contributed by atoms with Crippen LogP contribution in [0.2, 0.25) is 0 Å². The van der Waals surface area contributed by atoms with Crippen molar-refractivity contribution in [1.29, 1.82) is 0 Å². The number of nitrogens with two attached hydrogens (primary N) is 1. The van der Waals surface area contributed by atoms with Crippen LogP contribution in [0.15, 0.2) is 42.9 Å². The van der Waals surface area contributed by atoms with E-state index in [9.17, 15) is 0 Å². The maximum absolute atomic E-state index is 6.34. The molecule has 4 heteroatoms. The standard InChI is InChI=1S/C17H25N3O/c1-14(2)12-21-10-6-9-20-13-19-11-16(20)17(18)15-7-4-3-5-8-15/h3-5,7-8,11,13-14,17H,6,9-10,12,18H2,1-2H3. The fourth-order valence-corrected chi connectivity index (χ4v) is 2.26. The van der Waals surface area contributed by atoms with Crippen LogP contribution in [0.3, 0.4) is 0 Å². The molecule has 0 bridgehead atoms. The van der Waals surface area contributed by atoms with Crippen LogP contribution >= 0.6 is 0 Å². The summed E-state index contributed by atoms with van der Waals surface area (Å²) in [4.78, 5) is 4.24. The Hall–Kier alpha value is -1.65. The Morgan fingerprint density at radius 3 is 2.71 bits per heavy atom. The maximum atomic E-state index is 6.34. The Morgan fingerprint density at radius 2 is 2.00 bits per heavy atom. The maximum Gasteiger partial charge on any atom is 0.0948 e. The lowest BCUT2D eigenvalue weighted by Gasteiger charge is -2.15. The molecule has 21 heavy (non-hydrogen) atoms. The van der Waals surface area contributed by atoms with Gasteiger partial charge in [-0.3, -0.25) is 0 Å². The Labute approximate surface area is 127 Å². The molecule has 2 aromatic rings. The lowest BCUT2D eigenvalue weighted by atomic mass is 10.1. The van der Waals surface area contributed by atoms with Crippen LogP contribution in [0.5, 0.6) is 0 Å². The molecule has 4 nitrogen and oxygen atoms in total. The molecule has 2 rings (SSSR count). The van der Waals surface area contributed by atoms with Gasteiger partial charge in [-0.2, -0.15) is 0 Å². The molecular formula is C17H25N3O. The highest BCUT2D eigenvalue weighted by Gasteiger charge is 2.13. The molecule has 1 heterocycles. The van der Waals surface area contributed by atoms with Gasteiger partial charge in [0.1, 0.15) is 0 Å². The molecule has 0 aliphatic rings. The van der Waals surface area contributed by atoms with Crippen LogP contribution in [0.4, 0.5) is 0 Å². The summed E-state index contributed by atoms with van der Waals surface area (Å²) in [6, 6.07) is 9.98. The van der Waals surface area contributed by atoms with Gasteiger partial charge in [-0.15, -0.1) is 0 Å². The number of rotatable bonds is 8. The van der Waals surface area contributed by atoms with Crippen LogP contribution < -0.4 is 5.73 Å². The molecule has 0 saturated carbocycles. The molecule has 114 valence electrons. The highest BCUT2D eigenvalue weighted by Crippen LogP contribution is 2.19. The van der Waals surface area contributed by atoms with Gasteiger partial charge >= 0.3 is 0 Å². The smallest absolute Gasteiger partial charge is 0.0948 e. The van der Waals surface area contributed by atoms with E-state index in [4.69, 9.17) is 10.5 Å². The first-order valence-electron chi connectivity index (χ1n) is 7.56.